The molecule has 0 bridgehead atoms. The van der Waals surface area contributed by atoms with Crippen LogP contribution < -0.4 is 22.5 Å². The van der Waals surface area contributed by atoms with Gasteiger partial charge in [-0.25, -0.2) is 11.7 Å². The number of amides is 2. The van der Waals surface area contributed by atoms with E-state index in [1.807, 2.05) is 6.92 Å². The molecule has 6 N–H and O–H groups in total. The lowest BCUT2D eigenvalue weighted by Crippen LogP contribution is -2.50. The Morgan fingerprint density at radius 2 is 1.74 bits per heavy atom. The second-order valence-electron chi connectivity index (χ2n) is 5.38. The minimum absolute atomic E-state index is 0.194. The zero-order valence-electron chi connectivity index (χ0n) is 11.7. The fraction of sp³-hybridized carbons (Fsp3) is 0.750. The van der Waals surface area contributed by atoms with Crippen LogP contribution in [0.2, 0.25) is 0 Å². The summed E-state index contributed by atoms with van der Waals surface area (Å²) in [5, 5.41) is 8.74. The summed E-state index contributed by atoms with van der Waals surface area (Å²) in [6.07, 6.45) is 1.45. The smallest absolute Gasteiger partial charge is 0.240 e. The highest BCUT2D eigenvalue weighted by Gasteiger charge is 2.45. The molecule has 0 saturated heterocycles. The van der Waals surface area contributed by atoms with Crippen molar-refractivity contribution in [1.29, 1.82) is 5.26 Å². The number of hydrazine groups is 2. The largest absolute Gasteiger partial charge is 0.294 e. The van der Waals surface area contributed by atoms with Crippen LogP contribution in [-0.4, -0.2) is 11.8 Å². The summed E-state index contributed by atoms with van der Waals surface area (Å²) in [7, 11) is 0. The molecule has 0 aliphatic rings. The van der Waals surface area contributed by atoms with E-state index < -0.39 is 10.8 Å². The number of rotatable bonds is 7. The molecule has 0 aromatic rings. The highest BCUT2D eigenvalue weighted by molar-refractivity contribution is 5.82. The van der Waals surface area contributed by atoms with Crippen molar-refractivity contribution in [3.05, 3.63) is 0 Å². The van der Waals surface area contributed by atoms with Crippen LogP contribution in [0.4, 0.5) is 0 Å². The van der Waals surface area contributed by atoms with Crippen LogP contribution in [0.15, 0.2) is 0 Å². The van der Waals surface area contributed by atoms with Crippen LogP contribution >= 0.6 is 0 Å². The lowest BCUT2D eigenvalue weighted by atomic mass is 9.61. The second-order valence-corrected chi connectivity index (χ2v) is 5.38. The van der Waals surface area contributed by atoms with E-state index in [2.05, 4.69) is 16.9 Å². The van der Waals surface area contributed by atoms with E-state index in [9.17, 15) is 9.59 Å². The van der Waals surface area contributed by atoms with Gasteiger partial charge in [-0.15, -0.1) is 0 Å². The molecule has 7 heteroatoms. The van der Waals surface area contributed by atoms with Gasteiger partial charge in [0.1, 0.15) is 0 Å². The molecule has 108 valence electrons. The minimum Gasteiger partial charge on any atom is -0.294 e. The number of nitrogens with one attached hydrogen (secondary N) is 2. The van der Waals surface area contributed by atoms with E-state index in [0.717, 1.165) is 0 Å². The third-order valence-electron chi connectivity index (χ3n) is 4.06. The Labute approximate surface area is 113 Å². The number of nitrogens with zero attached hydrogens (tertiary/aromatic N) is 1. The van der Waals surface area contributed by atoms with Crippen LogP contribution in [0.3, 0.4) is 0 Å². The zero-order chi connectivity index (χ0) is 15.1. The summed E-state index contributed by atoms with van der Waals surface area (Å²) in [6, 6.07) is 2.07. The maximum Gasteiger partial charge on any atom is 0.240 e. The van der Waals surface area contributed by atoms with E-state index in [4.69, 9.17) is 16.9 Å². The first-order chi connectivity index (χ1) is 8.75. The summed E-state index contributed by atoms with van der Waals surface area (Å²) >= 11 is 0. The summed E-state index contributed by atoms with van der Waals surface area (Å²) in [5.74, 6) is 9.63. The summed E-state index contributed by atoms with van der Waals surface area (Å²) in [6.45, 7) is 5.39. The standard InChI is InChI=1S/C12H23N5O2/c1-11(2,10(19)17-15)12(3,6-4-8-13)7-5-9(18)16-14/h4-7,14-15H2,1-3H3,(H,16,18)(H,17,19). The third kappa shape index (κ3) is 4.19. The van der Waals surface area contributed by atoms with Crippen molar-refractivity contribution in [3.8, 4) is 6.07 Å². The average Bonchev–Trinajstić information content (AvgIpc) is 2.40. The lowest BCUT2D eigenvalue weighted by Gasteiger charge is -2.42. The van der Waals surface area contributed by atoms with Crippen molar-refractivity contribution in [3.63, 3.8) is 0 Å². The van der Waals surface area contributed by atoms with Crippen molar-refractivity contribution < 1.29 is 9.59 Å². The van der Waals surface area contributed by atoms with Gasteiger partial charge in [-0.1, -0.05) is 20.8 Å². The fourth-order valence-corrected chi connectivity index (χ4v) is 2.00. The number of nitrogens with two attached hydrogens (primary N) is 2. The molecule has 0 fully saturated rings. The SMILES string of the molecule is CC(CCC#N)(CCC(=O)NN)C(C)(C)C(=O)NN. The molecule has 0 aliphatic heterocycles. The maximum atomic E-state index is 11.9. The van der Waals surface area contributed by atoms with Crippen LogP contribution in [0.1, 0.15) is 46.5 Å². The Balaban J connectivity index is 5.10. The van der Waals surface area contributed by atoms with Gasteiger partial charge in [0.2, 0.25) is 11.8 Å². The lowest BCUT2D eigenvalue weighted by molar-refractivity contribution is -0.138. The Kier molecular flexibility index (Phi) is 6.45. The van der Waals surface area contributed by atoms with E-state index >= 15 is 0 Å². The van der Waals surface area contributed by atoms with Crippen molar-refractivity contribution in [1.82, 2.24) is 10.9 Å². The Morgan fingerprint density at radius 1 is 1.16 bits per heavy atom. The number of hydrogen-bond donors (Lipinski definition) is 4. The topological polar surface area (TPSA) is 134 Å². The van der Waals surface area contributed by atoms with Gasteiger partial charge in [-0.2, -0.15) is 5.26 Å². The van der Waals surface area contributed by atoms with Gasteiger partial charge in [0.05, 0.1) is 11.5 Å². The number of nitriles is 1. The quantitative estimate of drug-likeness (QED) is 0.295. The Morgan fingerprint density at radius 3 is 2.16 bits per heavy atom. The van der Waals surface area contributed by atoms with Crippen molar-refractivity contribution in [2.45, 2.75) is 46.5 Å². The molecule has 0 heterocycles. The second kappa shape index (κ2) is 7.07. The average molecular weight is 269 g/mol. The van der Waals surface area contributed by atoms with Gasteiger partial charge in [0, 0.05) is 12.8 Å². The van der Waals surface area contributed by atoms with Crippen molar-refractivity contribution in [2.24, 2.45) is 22.5 Å². The maximum absolute atomic E-state index is 11.9. The van der Waals surface area contributed by atoms with Crippen LogP contribution in [-0.2, 0) is 9.59 Å². The van der Waals surface area contributed by atoms with E-state index in [0.29, 0.717) is 19.3 Å². The first-order valence-corrected chi connectivity index (χ1v) is 6.12. The highest BCUT2D eigenvalue weighted by atomic mass is 16.2. The van der Waals surface area contributed by atoms with Gasteiger partial charge < -0.3 is 0 Å². The molecule has 0 rings (SSSR count). The fourth-order valence-electron chi connectivity index (χ4n) is 2.00. The number of carbonyl (C=O) groups is 2. The first-order valence-electron chi connectivity index (χ1n) is 6.12. The number of carbonyl (C=O) groups excluding carboxylic acids is 2. The molecule has 19 heavy (non-hydrogen) atoms. The highest BCUT2D eigenvalue weighted by Crippen LogP contribution is 2.46. The minimum atomic E-state index is -0.798. The predicted octanol–water partition coefficient (Wildman–Crippen LogP) is 0.0827. The molecule has 1 unspecified atom stereocenters. The molecule has 0 aromatic carbocycles. The Hall–Kier alpha value is -1.65. The molecule has 1 atom stereocenters. The zero-order valence-corrected chi connectivity index (χ0v) is 11.7. The molecular weight excluding hydrogens is 246 g/mol. The van der Waals surface area contributed by atoms with Crippen LogP contribution in [0, 0.1) is 22.2 Å². The Bertz CT molecular complexity index is 375. The molecular formula is C12H23N5O2. The molecule has 7 nitrogen and oxygen atoms in total. The van der Waals surface area contributed by atoms with Gasteiger partial charge in [0.25, 0.3) is 0 Å². The van der Waals surface area contributed by atoms with E-state index in [-0.39, 0.29) is 18.2 Å². The van der Waals surface area contributed by atoms with E-state index in [1.54, 1.807) is 13.8 Å². The summed E-state index contributed by atoms with van der Waals surface area (Å²) < 4.78 is 0. The molecule has 0 aliphatic carbocycles. The van der Waals surface area contributed by atoms with Crippen molar-refractivity contribution >= 4 is 11.8 Å². The molecule has 0 saturated carbocycles. The van der Waals surface area contributed by atoms with Crippen LogP contribution in [0.25, 0.3) is 0 Å². The van der Waals surface area contributed by atoms with E-state index in [1.165, 1.54) is 0 Å². The molecule has 0 radical (unpaired) electrons. The molecule has 0 spiro atoms. The van der Waals surface area contributed by atoms with Gasteiger partial charge in [-0.05, 0) is 18.3 Å². The van der Waals surface area contributed by atoms with Gasteiger partial charge in [-0.3, -0.25) is 20.4 Å². The number of hydrogen-bond acceptors (Lipinski definition) is 5. The van der Waals surface area contributed by atoms with Crippen molar-refractivity contribution in [2.75, 3.05) is 0 Å². The third-order valence-corrected chi connectivity index (χ3v) is 4.06. The monoisotopic (exact) mass is 269 g/mol. The molecule has 2 amide bonds. The molecule has 0 aromatic heterocycles. The van der Waals surface area contributed by atoms with Crippen LogP contribution in [0.5, 0.6) is 0 Å². The summed E-state index contributed by atoms with van der Waals surface area (Å²) in [4.78, 5) is 23.2. The van der Waals surface area contributed by atoms with Gasteiger partial charge >= 0.3 is 0 Å². The predicted molar refractivity (Wildman–Crippen MR) is 70.6 cm³/mol. The normalized spacial score (nSPS) is 14.1. The first kappa shape index (κ1) is 17.4. The summed E-state index contributed by atoms with van der Waals surface area (Å²) in [5.41, 5.74) is 2.87. The van der Waals surface area contributed by atoms with Gasteiger partial charge in [0.15, 0.2) is 0 Å².